The largest absolute Gasteiger partial charge is 0.416 e. The van der Waals surface area contributed by atoms with E-state index in [1.165, 1.54) is 0 Å². The van der Waals surface area contributed by atoms with E-state index < -0.39 is 35.1 Å². The maximum atomic E-state index is 13.5. The fourth-order valence-electron chi connectivity index (χ4n) is 1.81. The van der Waals surface area contributed by atoms with E-state index in [9.17, 15) is 27.5 Å². The minimum Gasteiger partial charge on any atom is -0.391 e. The zero-order chi connectivity index (χ0) is 16.2. The number of hydrogen-bond acceptors (Lipinski definition) is 2. The molecule has 0 heterocycles. The van der Waals surface area contributed by atoms with E-state index >= 15 is 0 Å². The number of rotatable bonds is 5. The number of halogens is 4. The van der Waals surface area contributed by atoms with Gasteiger partial charge in [-0.1, -0.05) is 13.8 Å². The van der Waals surface area contributed by atoms with Gasteiger partial charge >= 0.3 is 6.18 Å². The molecule has 0 bridgehead atoms. The van der Waals surface area contributed by atoms with Crippen LogP contribution in [0.4, 0.5) is 17.6 Å². The topological polar surface area (TPSA) is 49.3 Å². The van der Waals surface area contributed by atoms with Gasteiger partial charge in [-0.25, -0.2) is 4.39 Å². The number of alkyl halides is 3. The molecular weight excluding hydrogens is 290 g/mol. The highest BCUT2D eigenvalue weighted by atomic mass is 19.4. The Balaban J connectivity index is 2.78. The van der Waals surface area contributed by atoms with E-state index in [1.54, 1.807) is 0 Å². The molecule has 0 aliphatic carbocycles. The van der Waals surface area contributed by atoms with Crippen LogP contribution in [0.3, 0.4) is 0 Å². The van der Waals surface area contributed by atoms with Crippen LogP contribution in [-0.2, 0) is 6.18 Å². The molecule has 2 N–H and O–H groups in total. The second kappa shape index (κ2) is 6.89. The first-order valence-electron chi connectivity index (χ1n) is 6.44. The van der Waals surface area contributed by atoms with Gasteiger partial charge in [0.25, 0.3) is 5.91 Å². The van der Waals surface area contributed by atoms with Crippen molar-refractivity contribution < 1.29 is 27.5 Å². The number of amides is 1. The molecule has 118 valence electrons. The van der Waals surface area contributed by atoms with E-state index in [4.69, 9.17) is 0 Å². The molecule has 1 unspecified atom stereocenters. The predicted octanol–water partition coefficient (Wildman–Crippen LogP) is 2.98. The highest BCUT2D eigenvalue weighted by Crippen LogP contribution is 2.30. The van der Waals surface area contributed by atoms with Crippen molar-refractivity contribution in [2.75, 3.05) is 6.54 Å². The van der Waals surface area contributed by atoms with Crippen LogP contribution in [-0.4, -0.2) is 23.7 Å². The number of hydrogen-bond donors (Lipinski definition) is 2. The summed E-state index contributed by atoms with van der Waals surface area (Å²) in [6.45, 7) is 3.60. The Morgan fingerprint density at radius 2 is 1.95 bits per heavy atom. The number of benzene rings is 1. The molecule has 1 rings (SSSR count). The van der Waals surface area contributed by atoms with Crippen LogP contribution in [0.1, 0.15) is 36.2 Å². The maximum absolute atomic E-state index is 13.5. The Bertz CT molecular complexity index is 500. The first kappa shape index (κ1) is 17.4. The highest BCUT2D eigenvalue weighted by Gasteiger charge is 2.31. The average molecular weight is 307 g/mol. The summed E-state index contributed by atoms with van der Waals surface area (Å²) in [4.78, 5) is 11.7. The van der Waals surface area contributed by atoms with E-state index in [0.717, 1.165) is 0 Å². The van der Waals surface area contributed by atoms with Gasteiger partial charge in [-0.3, -0.25) is 4.79 Å². The molecular formula is C14H17F4NO2. The second-order valence-corrected chi connectivity index (χ2v) is 5.19. The molecule has 0 saturated carbocycles. The van der Waals surface area contributed by atoms with Crippen molar-refractivity contribution >= 4 is 5.91 Å². The molecule has 1 atom stereocenters. The lowest BCUT2D eigenvalue weighted by molar-refractivity contribution is -0.137. The number of aliphatic hydroxyl groups is 1. The highest BCUT2D eigenvalue weighted by molar-refractivity contribution is 5.94. The Kier molecular flexibility index (Phi) is 5.71. The van der Waals surface area contributed by atoms with Gasteiger partial charge < -0.3 is 10.4 Å². The molecule has 0 aromatic heterocycles. The third-order valence-corrected chi connectivity index (χ3v) is 2.78. The Labute approximate surface area is 120 Å². The summed E-state index contributed by atoms with van der Waals surface area (Å²) in [7, 11) is 0. The smallest absolute Gasteiger partial charge is 0.391 e. The van der Waals surface area contributed by atoms with Crippen LogP contribution < -0.4 is 5.32 Å². The van der Waals surface area contributed by atoms with Crippen LogP contribution in [0.5, 0.6) is 0 Å². The zero-order valence-corrected chi connectivity index (χ0v) is 11.7. The van der Waals surface area contributed by atoms with Crippen LogP contribution in [0.25, 0.3) is 0 Å². The zero-order valence-electron chi connectivity index (χ0n) is 11.7. The Morgan fingerprint density at radius 1 is 1.33 bits per heavy atom. The van der Waals surface area contributed by atoms with Crippen molar-refractivity contribution in [1.29, 1.82) is 0 Å². The monoisotopic (exact) mass is 307 g/mol. The number of carbonyl (C=O) groups excluding carboxylic acids is 1. The normalized spacial score (nSPS) is 13.3. The Morgan fingerprint density at radius 3 is 2.48 bits per heavy atom. The van der Waals surface area contributed by atoms with E-state index in [2.05, 4.69) is 5.32 Å². The van der Waals surface area contributed by atoms with Gasteiger partial charge in [0, 0.05) is 6.54 Å². The molecule has 0 aliphatic rings. The summed E-state index contributed by atoms with van der Waals surface area (Å²) >= 11 is 0. The number of carbonyl (C=O) groups is 1. The maximum Gasteiger partial charge on any atom is 0.416 e. The van der Waals surface area contributed by atoms with Crippen LogP contribution in [0, 0.1) is 11.7 Å². The molecule has 0 spiro atoms. The molecule has 0 saturated heterocycles. The van der Waals surface area contributed by atoms with Crippen molar-refractivity contribution in [2.24, 2.45) is 5.92 Å². The first-order valence-corrected chi connectivity index (χ1v) is 6.44. The molecule has 7 heteroatoms. The summed E-state index contributed by atoms with van der Waals surface area (Å²) < 4.78 is 51.0. The SMILES string of the molecule is CC(C)CC(O)CNC(=O)c1cc(C(F)(F)F)ccc1F. The molecule has 1 amide bonds. The van der Waals surface area contributed by atoms with Gasteiger partial charge in [0.1, 0.15) is 5.82 Å². The molecule has 0 fully saturated rings. The van der Waals surface area contributed by atoms with Gasteiger partial charge in [-0.05, 0) is 30.5 Å². The summed E-state index contributed by atoms with van der Waals surface area (Å²) in [5.41, 5.74) is -1.79. The molecule has 1 aromatic carbocycles. The van der Waals surface area contributed by atoms with Crippen molar-refractivity contribution in [3.8, 4) is 0 Å². The van der Waals surface area contributed by atoms with Crippen molar-refractivity contribution in [2.45, 2.75) is 32.5 Å². The van der Waals surface area contributed by atoms with Gasteiger partial charge in [0.2, 0.25) is 0 Å². The fraction of sp³-hybridized carbons (Fsp3) is 0.500. The number of nitrogens with one attached hydrogen (secondary N) is 1. The van der Waals surface area contributed by atoms with Crippen molar-refractivity contribution in [3.63, 3.8) is 0 Å². The van der Waals surface area contributed by atoms with Crippen LogP contribution in [0.15, 0.2) is 18.2 Å². The molecule has 3 nitrogen and oxygen atoms in total. The van der Waals surface area contributed by atoms with E-state index in [0.29, 0.717) is 24.6 Å². The van der Waals surface area contributed by atoms with Gasteiger partial charge in [-0.2, -0.15) is 13.2 Å². The van der Waals surface area contributed by atoms with Crippen molar-refractivity contribution in [3.05, 3.63) is 35.1 Å². The quantitative estimate of drug-likeness (QED) is 0.822. The lowest BCUT2D eigenvalue weighted by Gasteiger charge is -2.14. The molecule has 0 radical (unpaired) electrons. The van der Waals surface area contributed by atoms with Gasteiger partial charge in [0.05, 0.1) is 17.2 Å². The third-order valence-electron chi connectivity index (χ3n) is 2.78. The minimum absolute atomic E-state index is 0.146. The second-order valence-electron chi connectivity index (χ2n) is 5.19. The standard InChI is InChI=1S/C14H17F4NO2/c1-8(2)5-10(20)7-19-13(21)11-6-9(14(16,17)18)3-4-12(11)15/h3-4,6,8,10,20H,5,7H2,1-2H3,(H,19,21). The van der Waals surface area contributed by atoms with Gasteiger partial charge in [-0.15, -0.1) is 0 Å². The summed E-state index contributed by atoms with van der Waals surface area (Å²) in [5.74, 6) is -1.83. The Hall–Kier alpha value is -1.63. The van der Waals surface area contributed by atoms with Crippen LogP contribution in [0.2, 0.25) is 0 Å². The molecule has 21 heavy (non-hydrogen) atoms. The van der Waals surface area contributed by atoms with Crippen molar-refractivity contribution in [1.82, 2.24) is 5.32 Å². The molecule has 0 aliphatic heterocycles. The third kappa shape index (κ3) is 5.34. The van der Waals surface area contributed by atoms with E-state index in [-0.39, 0.29) is 12.5 Å². The minimum atomic E-state index is -4.65. The van der Waals surface area contributed by atoms with Gasteiger partial charge in [0.15, 0.2) is 0 Å². The predicted molar refractivity (Wildman–Crippen MR) is 69.2 cm³/mol. The summed E-state index contributed by atoms with van der Waals surface area (Å²) in [6, 6.07) is 1.63. The summed E-state index contributed by atoms with van der Waals surface area (Å²) in [5, 5.41) is 11.8. The fourth-order valence-corrected chi connectivity index (χ4v) is 1.81. The summed E-state index contributed by atoms with van der Waals surface area (Å²) in [6.07, 6.45) is -5.06. The number of aliphatic hydroxyl groups excluding tert-OH is 1. The average Bonchev–Trinajstić information content (AvgIpc) is 2.34. The lowest BCUT2D eigenvalue weighted by Crippen LogP contribution is -2.33. The lowest BCUT2D eigenvalue weighted by atomic mass is 10.1. The first-order chi connectivity index (χ1) is 9.61. The molecule has 1 aromatic rings. The van der Waals surface area contributed by atoms with Crippen LogP contribution >= 0.6 is 0 Å². The van der Waals surface area contributed by atoms with E-state index in [1.807, 2.05) is 13.8 Å².